The van der Waals surface area contributed by atoms with Crippen LogP contribution >= 0.6 is 0 Å². The Morgan fingerprint density at radius 1 is 0.595 bits per heavy atom. The molecular weight excluding hydrogens is 532 g/mol. The van der Waals surface area contributed by atoms with Crippen LogP contribution in [0.3, 0.4) is 0 Å². The van der Waals surface area contributed by atoms with Crippen LogP contribution in [0.5, 0.6) is 23.0 Å². The molecule has 8 heteroatoms. The number of urea groups is 1. The van der Waals surface area contributed by atoms with Crippen molar-refractivity contribution in [2.24, 2.45) is 5.73 Å². The molecule has 0 spiro atoms. The first-order chi connectivity index (χ1) is 19.4. The van der Waals surface area contributed by atoms with Gasteiger partial charge in [0.1, 0.15) is 23.0 Å². The Kier molecular flexibility index (Phi) is 15.8. The molecule has 0 heterocycles. The number of carbonyl (C=O) groups excluding carboxylic acids is 3. The Morgan fingerprint density at radius 2 is 0.976 bits per heavy atom. The molecule has 0 radical (unpaired) electrons. The van der Waals surface area contributed by atoms with Crippen molar-refractivity contribution in [2.45, 2.75) is 40.5 Å². The highest BCUT2D eigenvalue weighted by atomic mass is 16.5. The highest BCUT2D eigenvalue weighted by Gasteiger charge is 2.05. The fraction of sp³-hybridized carbons (Fsp3) is 0.206. The molecule has 0 aliphatic rings. The van der Waals surface area contributed by atoms with E-state index in [1.165, 1.54) is 7.11 Å². The van der Waals surface area contributed by atoms with E-state index in [9.17, 15) is 14.4 Å². The molecule has 4 aromatic carbocycles. The number of carbonyl (C=O) groups is 3. The summed E-state index contributed by atoms with van der Waals surface area (Å²) in [6.45, 7) is 0. The van der Waals surface area contributed by atoms with Crippen molar-refractivity contribution in [1.29, 1.82) is 0 Å². The van der Waals surface area contributed by atoms with Gasteiger partial charge < -0.3 is 19.9 Å². The van der Waals surface area contributed by atoms with Crippen LogP contribution < -0.4 is 20.5 Å². The van der Waals surface area contributed by atoms with Crippen molar-refractivity contribution in [1.82, 2.24) is 5.32 Å². The number of esters is 1. The van der Waals surface area contributed by atoms with E-state index in [-0.39, 0.29) is 33.2 Å². The van der Waals surface area contributed by atoms with Crippen molar-refractivity contribution in [3.8, 4) is 23.0 Å². The second-order valence-corrected chi connectivity index (χ2v) is 8.61. The van der Waals surface area contributed by atoms with E-state index in [1.54, 1.807) is 0 Å². The number of hydrogen-bond donors (Lipinski definition) is 2. The van der Waals surface area contributed by atoms with Crippen LogP contribution in [0.4, 0.5) is 4.79 Å². The summed E-state index contributed by atoms with van der Waals surface area (Å²) >= 11 is 0. The SMILES string of the molecule is C.C.COC(=O)CCc1ccc(Oc2ccccc2)cc1.NC(=O)NC(=O)CCc1ccc(Oc2ccccc2)cc1. The van der Waals surface area contributed by atoms with Crippen LogP contribution in [-0.4, -0.2) is 25.0 Å². The highest BCUT2D eigenvalue weighted by molar-refractivity contribution is 5.93. The summed E-state index contributed by atoms with van der Waals surface area (Å²) < 4.78 is 16.0. The van der Waals surface area contributed by atoms with Gasteiger partial charge in [0.2, 0.25) is 5.91 Å². The number of hydrogen-bond acceptors (Lipinski definition) is 6. The van der Waals surface area contributed by atoms with Gasteiger partial charge in [0.15, 0.2) is 0 Å². The topological polar surface area (TPSA) is 117 Å². The molecule has 0 saturated carbocycles. The maximum absolute atomic E-state index is 11.3. The van der Waals surface area contributed by atoms with Crippen molar-refractivity contribution in [2.75, 3.05) is 7.11 Å². The standard InChI is InChI=1S/C16H16N2O3.C16H16O3.2CH4/c17-16(20)18-15(19)11-8-12-6-9-14(10-7-12)21-13-4-2-1-3-5-13;1-18-16(17)12-9-13-7-10-15(11-8-13)19-14-5-3-2-4-6-14;;/h1-7,9-10H,8,11H2,(H3,17,18,19,20);2-8,10-11H,9,12H2,1H3;2*1H4. The van der Waals surface area contributed by atoms with E-state index in [0.717, 1.165) is 34.1 Å². The average Bonchev–Trinajstić information content (AvgIpc) is 2.97. The Bertz CT molecular complexity index is 1340. The van der Waals surface area contributed by atoms with Gasteiger partial charge in [-0.05, 0) is 72.5 Å². The number of nitrogens with one attached hydrogen (secondary N) is 1. The van der Waals surface area contributed by atoms with Gasteiger partial charge in [-0.1, -0.05) is 75.5 Å². The van der Waals surface area contributed by atoms with Crippen LogP contribution in [0.25, 0.3) is 0 Å². The molecule has 0 bridgehead atoms. The third kappa shape index (κ3) is 13.3. The van der Waals surface area contributed by atoms with Crippen LogP contribution in [0, 0.1) is 0 Å². The van der Waals surface area contributed by atoms with E-state index in [0.29, 0.717) is 19.3 Å². The molecule has 0 atom stereocenters. The number of imide groups is 1. The minimum atomic E-state index is -0.827. The van der Waals surface area contributed by atoms with Crippen LogP contribution in [0.2, 0.25) is 0 Å². The van der Waals surface area contributed by atoms with Gasteiger partial charge in [-0.3, -0.25) is 14.9 Å². The first-order valence-corrected chi connectivity index (χ1v) is 12.7. The third-order valence-electron chi connectivity index (χ3n) is 5.55. The molecule has 0 aliphatic carbocycles. The second-order valence-electron chi connectivity index (χ2n) is 8.61. The van der Waals surface area contributed by atoms with E-state index >= 15 is 0 Å². The molecule has 3 N–H and O–H groups in total. The number of methoxy groups -OCH3 is 1. The minimum absolute atomic E-state index is 0. The van der Waals surface area contributed by atoms with Crippen LogP contribution in [-0.2, 0) is 27.2 Å². The quantitative estimate of drug-likeness (QED) is 0.191. The number of aryl methyl sites for hydroxylation is 2. The van der Waals surface area contributed by atoms with Crippen molar-refractivity contribution >= 4 is 17.9 Å². The molecule has 4 rings (SSSR count). The lowest BCUT2D eigenvalue weighted by molar-refractivity contribution is -0.140. The lowest BCUT2D eigenvalue weighted by atomic mass is 10.1. The van der Waals surface area contributed by atoms with Crippen molar-refractivity contribution in [3.05, 3.63) is 120 Å². The first kappa shape index (κ1) is 34.9. The molecule has 0 unspecified atom stereocenters. The number of benzene rings is 4. The maximum atomic E-state index is 11.3. The highest BCUT2D eigenvalue weighted by Crippen LogP contribution is 2.22. The number of ether oxygens (including phenoxy) is 3. The molecule has 222 valence electrons. The monoisotopic (exact) mass is 572 g/mol. The predicted octanol–water partition coefficient (Wildman–Crippen LogP) is 7.46. The minimum Gasteiger partial charge on any atom is -0.469 e. The van der Waals surface area contributed by atoms with Gasteiger partial charge in [0.25, 0.3) is 0 Å². The zero-order chi connectivity index (χ0) is 28.6. The van der Waals surface area contributed by atoms with Gasteiger partial charge in [0, 0.05) is 12.8 Å². The van der Waals surface area contributed by atoms with Crippen LogP contribution in [0.1, 0.15) is 38.8 Å². The van der Waals surface area contributed by atoms with E-state index in [2.05, 4.69) is 4.74 Å². The van der Waals surface area contributed by atoms with E-state index in [1.807, 2.05) is 115 Å². The number of primary amides is 1. The van der Waals surface area contributed by atoms with Crippen LogP contribution in [0.15, 0.2) is 109 Å². The lowest BCUT2D eigenvalue weighted by Gasteiger charge is -2.06. The zero-order valence-electron chi connectivity index (χ0n) is 22.2. The molecule has 0 saturated heterocycles. The van der Waals surface area contributed by atoms with Crippen molar-refractivity contribution < 1.29 is 28.6 Å². The summed E-state index contributed by atoms with van der Waals surface area (Å²) in [4.78, 5) is 32.9. The largest absolute Gasteiger partial charge is 0.469 e. The van der Waals surface area contributed by atoms with Gasteiger partial charge in [-0.2, -0.15) is 0 Å². The average molecular weight is 573 g/mol. The predicted molar refractivity (Wildman–Crippen MR) is 166 cm³/mol. The molecule has 0 aliphatic heterocycles. The lowest BCUT2D eigenvalue weighted by Crippen LogP contribution is -2.35. The number of amides is 3. The number of rotatable bonds is 10. The number of nitrogens with two attached hydrogens (primary N) is 1. The number of para-hydroxylation sites is 2. The second kappa shape index (κ2) is 19.0. The summed E-state index contributed by atoms with van der Waals surface area (Å²) in [5.41, 5.74) is 6.94. The van der Waals surface area contributed by atoms with Gasteiger partial charge >= 0.3 is 12.0 Å². The summed E-state index contributed by atoms with van der Waals surface area (Å²) in [5.74, 6) is 2.52. The maximum Gasteiger partial charge on any atom is 0.318 e. The molecule has 0 fully saturated rings. The summed E-state index contributed by atoms with van der Waals surface area (Å²) in [6, 6.07) is 33.5. The molecular formula is C34H40N2O6. The fourth-order valence-electron chi connectivity index (χ4n) is 3.50. The normalized spacial score (nSPS) is 9.45. The molecule has 8 nitrogen and oxygen atoms in total. The molecule has 0 aromatic heterocycles. The third-order valence-corrected chi connectivity index (χ3v) is 5.55. The Balaban J connectivity index is 0.000000403. The summed E-state index contributed by atoms with van der Waals surface area (Å²) in [5, 5.41) is 2.03. The summed E-state index contributed by atoms with van der Waals surface area (Å²) in [7, 11) is 1.40. The van der Waals surface area contributed by atoms with E-state index in [4.69, 9.17) is 15.2 Å². The van der Waals surface area contributed by atoms with Gasteiger partial charge in [-0.15, -0.1) is 0 Å². The van der Waals surface area contributed by atoms with E-state index < -0.39 is 6.03 Å². The Morgan fingerprint density at radius 3 is 1.36 bits per heavy atom. The fourth-order valence-corrected chi connectivity index (χ4v) is 3.50. The Hall–Kier alpha value is -5.11. The molecule has 3 amide bonds. The Labute approximate surface area is 248 Å². The van der Waals surface area contributed by atoms with Gasteiger partial charge in [0.05, 0.1) is 7.11 Å². The summed E-state index contributed by atoms with van der Waals surface area (Å²) in [6.07, 6.45) is 1.82. The zero-order valence-corrected chi connectivity index (χ0v) is 22.2. The molecule has 42 heavy (non-hydrogen) atoms. The first-order valence-electron chi connectivity index (χ1n) is 12.7. The molecule has 4 aromatic rings. The van der Waals surface area contributed by atoms with Gasteiger partial charge in [-0.25, -0.2) is 4.79 Å². The van der Waals surface area contributed by atoms with Crippen molar-refractivity contribution in [3.63, 3.8) is 0 Å². The smallest absolute Gasteiger partial charge is 0.318 e.